The molecule has 140 valence electrons. The molecular formula is C20H20ClN3O3. The number of carbonyl (C=O) groups excluding carboxylic acids is 3. The van der Waals surface area contributed by atoms with Gasteiger partial charge < -0.3 is 10.6 Å². The molecule has 2 atom stereocenters. The lowest BCUT2D eigenvalue weighted by Gasteiger charge is -2.22. The molecule has 2 unspecified atom stereocenters. The quantitative estimate of drug-likeness (QED) is 0.776. The molecule has 0 saturated carbocycles. The number of hydrogen-bond acceptors (Lipinski definition) is 3. The molecule has 1 aliphatic heterocycles. The molecule has 4 amide bonds. The number of rotatable bonds is 5. The van der Waals surface area contributed by atoms with Gasteiger partial charge in [0.25, 0.3) is 5.91 Å². The number of amides is 4. The van der Waals surface area contributed by atoms with Gasteiger partial charge in [-0.2, -0.15) is 0 Å². The topological polar surface area (TPSA) is 78.5 Å². The van der Waals surface area contributed by atoms with Crippen LogP contribution in [-0.4, -0.2) is 29.3 Å². The maximum Gasteiger partial charge on any atom is 0.325 e. The van der Waals surface area contributed by atoms with Crippen molar-refractivity contribution in [2.75, 3.05) is 6.54 Å². The van der Waals surface area contributed by atoms with Crippen LogP contribution in [0.1, 0.15) is 31.0 Å². The minimum absolute atomic E-state index is 0.234. The number of hydrogen-bond donors (Lipinski definition) is 2. The van der Waals surface area contributed by atoms with Gasteiger partial charge in [0.1, 0.15) is 12.1 Å². The third kappa shape index (κ3) is 3.80. The first-order valence-electron chi connectivity index (χ1n) is 8.56. The molecule has 1 saturated heterocycles. The largest absolute Gasteiger partial charge is 0.348 e. The van der Waals surface area contributed by atoms with Crippen LogP contribution in [-0.2, 0) is 15.1 Å². The summed E-state index contributed by atoms with van der Waals surface area (Å²) in [5, 5.41) is 6.01. The first-order chi connectivity index (χ1) is 12.8. The highest BCUT2D eigenvalue weighted by Crippen LogP contribution is 2.29. The lowest BCUT2D eigenvalue weighted by Crippen LogP contribution is -2.43. The fourth-order valence-corrected chi connectivity index (χ4v) is 3.20. The van der Waals surface area contributed by atoms with E-state index >= 15 is 0 Å². The SMILES string of the molecule is CC(NC(=O)CN1C(=O)NC(C)(c2ccc(Cl)cc2)C1=O)c1ccccc1. The van der Waals surface area contributed by atoms with E-state index in [0.717, 1.165) is 10.5 Å². The fraction of sp³-hybridized carbons (Fsp3) is 0.250. The summed E-state index contributed by atoms with van der Waals surface area (Å²) in [7, 11) is 0. The summed E-state index contributed by atoms with van der Waals surface area (Å²) >= 11 is 5.89. The summed E-state index contributed by atoms with van der Waals surface area (Å²) in [6.45, 7) is 3.11. The Kier molecular flexibility index (Phi) is 5.19. The highest BCUT2D eigenvalue weighted by atomic mass is 35.5. The molecule has 0 spiro atoms. The van der Waals surface area contributed by atoms with E-state index in [4.69, 9.17) is 11.6 Å². The highest BCUT2D eigenvalue weighted by molar-refractivity contribution is 6.30. The molecule has 1 fully saturated rings. The molecule has 2 N–H and O–H groups in total. The van der Waals surface area contributed by atoms with Gasteiger partial charge in [-0.05, 0) is 37.1 Å². The van der Waals surface area contributed by atoms with Crippen molar-refractivity contribution < 1.29 is 14.4 Å². The Hall–Kier alpha value is -2.86. The van der Waals surface area contributed by atoms with Gasteiger partial charge in [-0.3, -0.25) is 14.5 Å². The standard InChI is InChI=1S/C20H20ClN3O3/c1-13(14-6-4-3-5-7-14)22-17(25)12-24-18(26)20(2,23-19(24)27)15-8-10-16(21)11-9-15/h3-11,13H,12H2,1-2H3,(H,22,25)(H,23,27). The highest BCUT2D eigenvalue weighted by Gasteiger charge is 2.49. The summed E-state index contributed by atoms with van der Waals surface area (Å²) in [6.07, 6.45) is 0. The van der Waals surface area contributed by atoms with Crippen molar-refractivity contribution in [3.05, 3.63) is 70.7 Å². The minimum Gasteiger partial charge on any atom is -0.348 e. The monoisotopic (exact) mass is 385 g/mol. The van der Waals surface area contributed by atoms with Crippen LogP contribution in [0.4, 0.5) is 4.79 Å². The second-order valence-electron chi connectivity index (χ2n) is 6.65. The van der Waals surface area contributed by atoms with Gasteiger partial charge in [-0.1, -0.05) is 54.1 Å². The van der Waals surface area contributed by atoms with Gasteiger partial charge in [0.2, 0.25) is 5.91 Å². The van der Waals surface area contributed by atoms with Gasteiger partial charge in [-0.25, -0.2) is 4.79 Å². The molecule has 27 heavy (non-hydrogen) atoms. The average molecular weight is 386 g/mol. The number of nitrogens with one attached hydrogen (secondary N) is 2. The Balaban J connectivity index is 1.70. The zero-order valence-electron chi connectivity index (χ0n) is 15.0. The second-order valence-corrected chi connectivity index (χ2v) is 7.09. The zero-order valence-corrected chi connectivity index (χ0v) is 15.8. The van der Waals surface area contributed by atoms with E-state index < -0.39 is 23.4 Å². The molecule has 0 aliphatic carbocycles. The van der Waals surface area contributed by atoms with E-state index in [1.807, 2.05) is 37.3 Å². The Morgan fingerprint density at radius 3 is 2.41 bits per heavy atom. The van der Waals surface area contributed by atoms with Gasteiger partial charge >= 0.3 is 6.03 Å². The van der Waals surface area contributed by atoms with Crippen molar-refractivity contribution in [3.63, 3.8) is 0 Å². The molecular weight excluding hydrogens is 366 g/mol. The molecule has 3 rings (SSSR count). The van der Waals surface area contributed by atoms with E-state index in [-0.39, 0.29) is 12.6 Å². The third-order valence-electron chi connectivity index (χ3n) is 4.68. The average Bonchev–Trinajstić information content (AvgIpc) is 2.87. The molecule has 0 aromatic heterocycles. The smallest absolute Gasteiger partial charge is 0.325 e. The summed E-state index contributed by atoms with van der Waals surface area (Å²) < 4.78 is 0. The number of urea groups is 1. The molecule has 2 aromatic carbocycles. The molecule has 2 aromatic rings. The summed E-state index contributed by atoms with van der Waals surface area (Å²) in [6, 6.07) is 15.3. The Labute approximate surface area is 162 Å². The molecule has 1 heterocycles. The zero-order chi connectivity index (χ0) is 19.6. The van der Waals surface area contributed by atoms with E-state index in [2.05, 4.69) is 10.6 Å². The van der Waals surface area contributed by atoms with E-state index in [9.17, 15) is 14.4 Å². The lowest BCUT2D eigenvalue weighted by molar-refractivity contribution is -0.135. The Morgan fingerprint density at radius 2 is 1.78 bits per heavy atom. The van der Waals surface area contributed by atoms with Gasteiger partial charge in [0.05, 0.1) is 6.04 Å². The molecule has 0 radical (unpaired) electrons. The van der Waals surface area contributed by atoms with Crippen LogP contribution in [0, 0.1) is 0 Å². The van der Waals surface area contributed by atoms with Crippen LogP contribution in [0.3, 0.4) is 0 Å². The fourth-order valence-electron chi connectivity index (χ4n) is 3.08. The van der Waals surface area contributed by atoms with Gasteiger partial charge in [0, 0.05) is 5.02 Å². The predicted molar refractivity (Wildman–Crippen MR) is 102 cm³/mol. The summed E-state index contributed by atoms with van der Waals surface area (Å²) in [5.41, 5.74) is 0.312. The van der Waals surface area contributed by atoms with Crippen molar-refractivity contribution in [1.29, 1.82) is 0 Å². The van der Waals surface area contributed by atoms with Crippen molar-refractivity contribution >= 4 is 29.4 Å². The van der Waals surface area contributed by atoms with Crippen molar-refractivity contribution in [1.82, 2.24) is 15.5 Å². The number of carbonyl (C=O) groups is 3. The number of nitrogens with zero attached hydrogens (tertiary/aromatic N) is 1. The van der Waals surface area contributed by atoms with E-state index in [0.29, 0.717) is 10.6 Å². The number of halogens is 1. The van der Waals surface area contributed by atoms with Gasteiger partial charge in [0.15, 0.2) is 0 Å². The summed E-state index contributed by atoms with van der Waals surface area (Å²) in [4.78, 5) is 38.5. The van der Waals surface area contributed by atoms with E-state index in [1.165, 1.54) is 0 Å². The third-order valence-corrected chi connectivity index (χ3v) is 4.93. The van der Waals surface area contributed by atoms with Crippen molar-refractivity contribution in [2.24, 2.45) is 0 Å². The predicted octanol–water partition coefficient (Wildman–Crippen LogP) is 2.98. The van der Waals surface area contributed by atoms with E-state index in [1.54, 1.807) is 31.2 Å². The van der Waals surface area contributed by atoms with Crippen LogP contribution >= 0.6 is 11.6 Å². The van der Waals surface area contributed by atoms with Crippen LogP contribution in [0.5, 0.6) is 0 Å². The Bertz CT molecular complexity index is 870. The second kappa shape index (κ2) is 7.40. The molecule has 7 heteroatoms. The summed E-state index contributed by atoms with van der Waals surface area (Å²) in [5.74, 6) is -0.882. The first kappa shape index (κ1) is 18.9. The molecule has 0 bridgehead atoms. The van der Waals surface area contributed by atoms with Crippen LogP contribution in [0.2, 0.25) is 5.02 Å². The normalized spacial score (nSPS) is 20.3. The van der Waals surface area contributed by atoms with Crippen LogP contribution < -0.4 is 10.6 Å². The molecule has 1 aliphatic rings. The molecule has 6 nitrogen and oxygen atoms in total. The van der Waals surface area contributed by atoms with Crippen LogP contribution in [0.15, 0.2) is 54.6 Å². The van der Waals surface area contributed by atoms with Crippen molar-refractivity contribution in [2.45, 2.75) is 25.4 Å². The Morgan fingerprint density at radius 1 is 1.15 bits per heavy atom. The minimum atomic E-state index is -1.23. The maximum atomic E-state index is 12.8. The number of benzene rings is 2. The van der Waals surface area contributed by atoms with Crippen LogP contribution in [0.25, 0.3) is 0 Å². The van der Waals surface area contributed by atoms with Crippen molar-refractivity contribution in [3.8, 4) is 0 Å². The van der Waals surface area contributed by atoms with Gasteiger partial charge in [-0.15, -0.1) is 0 Å². The first-order valence-corrected chi connectivity index (χ1v) is 8.93. The number of imide groups is 1. The lowest BCUT2D eigenvalue weighted by atomic mass is 9.92. The maximum absolute atomic E-state index is 12.8.